The van der Waals surface area contributed by atoms with Gasteiger partial charge >= 0.3 is 0 Å². The highest BCUT2D eigenvalue weighted by Gasteiger charge is 2.28. The fraction of sp³-hybridized carbons (Fsp3) is 0.462. The summed E-state index contributed by atoms with van der Waals surface area (Å²) in [6, 6.07) is 1.63. The zero-order chi connectivity index (χ0) is 15.8. The first-order valence-corrected chi connectivity index (χ1v) is 9.10. The van der Waals surface area contributed by atoms with E-state index in [1.165, 1.54) is 0 Å². The standard InChI is InChI=1S/C13H14Cl2FNO3S/c1-7(8-2-3-8)6-17-13(18)9-4-12(21(15,19)20)10(14)5-11(9)16/h4-5,7-8H,2-3,6H2,1H3,(H,17,18). The highest BCUT2D eigenvalue weighted by molar-refractivity contribution is 8.13. The number of hydrogen-bond donors (Lipinski definition) is 1. The molecule has 1 unspecified atom stereocenters. The monoisotopic (exact) mass is 353 g/mol. The number of halogens is 3. The van der Waals surface area contributed by atoms with Gasteiger partial charge in [-0.2, -0.15) is 0 Å². The van der Waals surface area contributed by atoms with E-state index in [1.807, 2.05) is 6.92 Å². The third-order valence-electron chi connectivity index (χ3n) is 3.54. The average molecular weight is 354 g/mol. The first-order valence-electron chi connectivity index (χ1n) is 6.42. The van der Waals surface area contributed by atoms with Crippen molar-refractivity contribution in [3.8, 4) is 0 Å². The van der Waals surface area contributed by atoms with Gasteiger partial charge in [0, 0.05) is 17.2 Å². The summed E-state index contributed by atoms with van der Waals surface area (Å²) in [5, 5.41) is 2.24. The maximum absolute atomic E-state index is 13.8. The fourth-order valence-electron chi connectivity index (χ4n) is 2.07. The third-order valence-corrected chi connectivity index (χ3v) is 5.33. The minimum atomic E-state index is -4.15. The number of carbonyl (C=O) groups excluding carboxylic acids is 1. The molecule has 1 aromatic carbocycles. The minimum Gasteiger partial charge on any atom is -0.352 e. The Hall–Kier alpha value is -0.850. The molecule has 2 rings (SSSR count). The van der Waals surface area contributed by atoms with Crippen LogP contribution in [-0.4, -0.2) is 20.9 Å². The lowest BCUT2D eigenvalue weighted by Crippen LogP contribution is -2.29. The van der Waals surface area contributed by atoms with E-state index in [2.05, 4.69) is 5.32 Å². The molecule has 1 amide bonds. The van der Waals surface area contributed by atoms with Crippen molar-refractivity contribution in [1.29, 1.82) is 0 Å². The highest BCUT2D eigenvalue weighted by Crippen LogP contribution is 2.36. The van der Waals surface area contributed by atoms with E-state index in [0.717, 1.165) is 25.0 Å². The third kappa shape index (κ3) is 4.08. The van der Waals surface area contributed by atoms with Crippen molar-refractivity contribution in [3.63, 3.8) is 0 Å². The van der Waals surface area contributed by atoms with Gasteiger partial charge in [-0.05, 0) is 36.8 Å². The average Bonchev–Trinajstić information content (AvgIpc) is 3.18. The van der Waals surface area contributed by atoms with Crippen molar-refractivity contribution in [3.05, 3.63) is 28.5 Å². The van der Waals surface area contributed by atoms with Gasteiger partial charge in [-0.15, -0.1) is 0 Å². The van der Waals surface area contributed by atoms with Crippen molar-refractivity contribution in [2.45, 2.75) is 24.7 Å². The molecular formula is C13H14Cl2FNO3S. The lowest BCUT2D eigenvalue weighted by molar-refractivity contribution is 0.0942. The Morgan fingerprint density at radius 3 is 2.62 bits per heavy atom. The molecule has 0 aromatic heterocycles. The van der Waals surface area contributed by atoms with E-state index in [0.29, 0.717) is 18.4 Å². The smallest absolute Gasteiger partial charge is 0.262 e. The van der Waals surface area contributed by atoms with E-state index >= 15 is 0 Å². The molecule has 1 saturated carbocycles. The van der Waals surface area contributed by atoms with Gasteiger partial charge < -0.3 is 5.32 Å². The Morgan fingerprint density at radius 2 is 2.10 bits per heavy atom. The predicted octanol–water partition coefficient (Wildman–Crippen LogP) is 3.18. The van der Waals surface area contributed by atoms with Crippen molar-refractivity contribution < 1.29 is 17.6 Å². The Bertz CT molecular complexity index is 674. The molecule has 0 heterocycles. The van der Waals surface area contributed by atoms with Crippen LogP contribution < -0.4 is 5.32 Å². The van der Waals surface area contributed by atoms with E-state index in [-0.39, 0.29) is 10.6 Å². The Labute approximate surface area is 132 Å². The zero-order valence-electron chi connectivity index (χ0n) is 11.2. The number of hydrogen-bond acceptors (Lipinski definition) is 3. The van der Waals surface area contributed by atoms with Crippen LogP contribution in [0.1, 0.15) is 30.1 Å². The lowest BCUT2D eigenvalue weighted by Gasteiger charge is -2.12. The molecule has 0 saturated heterocycles. The summed E-state index contributed by atoms with van der Waals surface area (Å²) in [7, 11) is 1.06. The largest absolute Gasteiger partial charge is 0.352 e. The molecule has 1 aliphatic rings. The first-order chi connectivity index (χ1) is 9.70. The van der Waals surface area contributed by atoms with Crippen LogP contribution in [-0.2, 0) is 9.05 Å². The number of carbonyl (C=O) groups is 1. The fourth-order valence-corrected chi connectivity index (χ4v) is 3.58. The molecule has 0 spiro atoms. The summed E-state index contributed by atoms with van der Waals surface area (Å²) in [4.78, 5) is 11.5. The van der Waals surface area contributed by atoms with Crippen LogP contribution in [0, 0.1) is 17.7 Å². The summed E-state index contributed by atoms with van der Waals surface area (Å²) in [6.45, 7) is 2.42. The molecule has 1 atom stereocenters. The topological polar surface area (TPSA) is 63.2 Å². The Kier molecular flexibility index (Phi) is 4.80. The molecular weight excluding hydrogens is 340 g/mol. The van der Waals surface area contributed by atoms with Gasteiger partial charge in [-0.1, -0.05) is 18.5 Å². The van der Waals surface area contributed by atoms with Crippen LogP contribution in [0.25, 0.3) is 0 Å². The molecule has 1 aliphatic carbocycles. The predicted molar refractivity (Wildman–Crippen MR) is 78.7 cm³/mol. The van der Waals surface area contributed by atoms with Gasteiger partial charge in [-0.25, -0.2) is 12.8 Å². The molecule has 4 nitrogen and oxygen atoms in total. The van der Waals surface area contributed by atoms with Gasteiger partial charge in [0.05, 0.1) is 10.6 Å². The molecule has 0 radical (unpaired) electrons. The summed E-state index contributed by atoms with van der Waals surface area (Å²) >= 11 is 5.63. The molecule has 21 heavy (non-hydrogen) atoms. The second kappa shape index (κ2) is 6.10. The van der Waals surface area contributed by atoms with E-state index in [4.69, 9.17) is 22.3 Å². The number of rotatable bonds is 5. The van der Waals surface area contributed by atoms with Crippen LogP contribution in [0.5, 0.6) is 0 Å². The minimum absolute atomic E-state index is 0.306. The molecule has 8 heteroatoms. The van der Waals surface area contributed by atoms with Gasteiger partial charge in [-0.3, -0.25) is 4.79 Å². The normalized spacial score (nSPS) is 16.6. The van der Waals surface area contributed by atoms with Crippen molar-refractivity contribution >= 4 is 37.2 Å². The van der Waals surface area contributed by atoms with Crippen molar-refractivity contribution in [1.82, 2.24) is 5.32 Å². The molecule has 0 bridgehead atoms. The van der Waals surface area contributed by atoms with Crippen LogP contribution in [0.3, 0.4) is 0 Å². The number of amides is 1. The van der Waals surface area contributed by atoms with Crippen LogP contribution in [0.15, 0.2) is 17.0 Å². The Morgan fingerprint density at radius 1 is 1.48 bits per heavy atom. The van der Waals surface area contributed by atoms with Gasteiger partial charge in [0.25, 0.3) is 15.0 Å². The van der Waals surface area contributed by atoms with Crippen LogP contribution in [0.2, 0.25) is 5.02 Å². The zero-order valence-corrected chi connectivity index (χ0v) is 13.5. The van der Waals surface area contributed by atoms with E-state index < -0.39 is 25.7 Å². The quantitative estimate of drug-likeness (QED) is 0.826. The first kappa shape index (κ1) is 16.5. The van der Waals surface area contributed by atoms with Crippen molar-refractivity contribution in [2.75, 3.05) is 6.54 Å². The molecule has 0 aliphatic heterocycles. The molecule has 1 fully saturated rings. The maximum Gasteiger partial charge on any atom is 0.262 e. The van der Waals surface area contributed by atoms with Gasteiger partial charge in [0.15, 0.2) is 0 Å². The lowest BCUT2D eigenvalue weighted by atomic mass is 10.1. The Balaban J connectivity index is 2.19. The van der Waals surface area contributed by atoms with E-state index in [9.17, 15) is 17.6 Å². The van der Waals surface area contributed by atoms with Gasteiger partial charge in [0.1, 0.15) is 10.7 Å². The SMILES string of the molecule is CC(CNC(=O)c1cc(S(=O)(=O)Cl)c(Cl)cc1F)C1CC1. The van der Waals surface area contributed by atoms with Crippen LogP contribution in [0.4, 0.5) is 4.39 Å². The van der Waals surface area contributed by atoms with Gasteiger partial charge in [0.2, 0.25) is 0 Å². The summed E-state index contributed by atoms with van der Waals surface area (Å²) in [6.07, 6.45) is 2.28. The van der Waals surface area contributed by atoms with E-state index in [1.54, 1.807) is 0 Å². The number of nitrogens with one attached hydrogen (secondary N) is 1. The van der Waals surface area contributed by atoms with Crippen molar-refractivity contribution in [2.24, 2.45) is 11.8 Å². The molecule has 1 N–H and O–H groups in total. The molecule has 116 valence electrons. The summed E-state index contributed by atoms with van der Waals surface area (Å²) < 4.78 is 36.4. The second-order valence-corrected chi connectivity index (χ2v) is 8.17. The highest BCUT2D eigenvalue weighted by atomic mass is 35.7. The summed E-state index contributed by atoms with van der Waals surface area (Å²) in [5.41, 5.74) is -0.387. The van der Waals surface area contributed by atoms with Crippen LogP contribution >= 0.6 is 22.3 Å². The summed E-state index contributed by atoms with van der Waals surface area (Å²) in [5.74, 6) is -0.668. The molecule has 1 aromatic rings. The maximum atomic E-state index is 13.8. The number of benzene rings is 1. The second-order valence-electron chi connectivity index (χ2n) is 5.23.